The van der Waals surface area contributed by atoms with E-state index in [9.17, 15) is 76.7 Å². The number of quaternary nitrogens is 2. The van der Waals surface area contributed by atoms with E-state index in [1.807, 2.05) is 48.5 Å². The molecule has 6 saturated carbocycles. The van der Waals surface area contributed by atoms with Crippen molar-refractivity contribution in [3.05, 3.63) is 167 Å². The average Bonchev–Trinajstić information content (AvgIpc) is 1.75. The molecule has 0 spiro atoms. The van der Waals surface area contributed by atoms with E-state index in [1.54, 1.807) is 72.8 Å². The number of hydrogen-bond donors (Lipinski definition) is 10. The quantitative estimate of drug-likeness (QED) is 0.0228. The summed E-state index contributed by atoms with van der Waals surface area (Å²) in [6.45, 7) is -0.532. The minimum absolute atomic E-state index is 0. The molecule has 0 bridgehead atoms. The van der Waals surface area contributed by atoms with Crippen molar-refractivity contribution in [2.75, 3.05) is 13.2 Å². The third-order valence-electron chi connectivity index (χ3n) is 16.3. The van der Waals surface area contributed by atoms with Crippen LogP contribution in [0.1, 0.15) is 148 Å². The molecule has 107 heavy (non-hydrogen) atoms. The van der Waals surface area contributed by atoms with Gasteiger partial charge in [0.1, 0.15) is 66.3 Å². The predicted molar refractivity (Wildman–Crippen MR) is 360 cm³/mol. The maximum absolute atomic E-state index is 13.3. The normalized spacial score (nSPS) is 19.2. The molecule has 6 fully saturated rings. The van der Waals surface area contributed by atoms with Gasteiger partial charge in [0.2, 0.25) is 0 Å². The molecule has 6 aliphatic rings. The number of ether oxygens (including phenoxy) is 4. The van der Waals surface area contributed by atoms with Crippen LogP contribution in [0.3, 0.4) is 0 Å². The lowest BCUT2D eigenvalue weighted by molar-refractivity contribution is -0.535. The van der Waals surface area contributed by atoms with Crippen molar-refractivity contribution in [1.29, 1.82) is 0 Å². The second kappa shape index (κ2) is 40.3. The Kier molecular flexibility index (Phi) is 36.9. The Morgan fingerprint density at radius 2 is 0.766 bits per heavy atom. The third-order valence-corrected chi connectivity index (χ3v) is 16.3. The molecule has 4 amide bonds. The average molecular weight is 1580 g/mol. The molecule has 6 aromatic rings. The fourth-order valence-corrected chi connectivity index (χ4v) is 11.5. The van der Waals surface area contributed by atoms with Crippen LogP contribution in [-0.4, -0.2) is 143 Å². The summed E-state index contributed by atoms with van der Waals surface area (Å²) < 4.78 is 172. The van der Waals surface area contributed by atoms with Crippen molar-refractivity contribution >= 4 is 30.7 Å². The van der Waals surface area contributed by atoms with Crippen molar-refractivity contribution in [3.8, 4) is 12.3 Å². The molecule has 14 N–H and O–H groups in total. The number of aldehydes is 1. The summed E-state index contributed by atoms with van der Waals surface area (Å²) in [4.78, 5) is 57.2. The summed E-state index contributed by atoms with van der Waals surface area (Å²) in [7, 11) is 0. The van der Waals surface area contributed by atoms with Gasteiger partial charge in [-0.1, -0.05) is 164 Å². The van der Waals surface area contributed by atoms with E-state index < -0.39 is 151 Å². The first-order valence-corrected chi connectivity index (χ1v) is 30.6. The van der Waals surface area contributed by atoms with E-state index in [1.165, 1.54) is 12.4 Å². The molecule has 6 aliphatic carbocycles. The highest BCUT2D eigenvalue weighted by molar-refractivity contribution is 5.78. The highest BCUT2D eigenvalue weighted by Gasteiger charge is 2.63. The zero-order valence-electron chi connectivity index (χ0n) is 54.1. The number of H-pyrrole nitrogens is 2. The van der Waals surface area contributed by atoms with Crippen LogP contribution in [0, 0.1) is 12.3 Å². The monoisotopic (exact) mass is 1580 g/mol. The van der Waals surface area contributed by atoms with Gasteiger partial charge in [0.05, 0.1) is 56.8 Å². The predicted octanol–water partition coefficient (Wildman–Crippen LogP) is 5.67. The molecular weight excluding hydrogens is 1480 g/mol. The van der Waals surface area contributed by atoms with Gasteiger partial charge in [-0.25, -0.2) is 71.9 Å². The van der Waals surface area contributed by atoms with E-state index in [0.29, 0.717) is 12.0 Å². The second-order valence-corrected chi connectivity index (χ2v) is 25.7. The van der Waals surface area contributed by atoms with Crippen molar-refractivity contribution in [1.82, 2.24) is 52.1 Å². The number of aromatic nitrogens is 6. The van der Waals surface area contributed by atoms with Crippen LogP contribution in [0.5, 0.6) is 0 Å². The van der Waals surface area contributed by atoms with E-state index in [-0.39, 0.29) is 126 Å². The summed E-state index contributed by atoms with van der Waals surface area (Å²) in [5, 5.41) is 46.4. The Labute approximate surface area is 624 Å². The number of nitrogens with one attached hydrogen (secondary N) is 6. The van der Waals surface area contributed by atoms with Crippen molar-refractivity contribution in [3.63, 3.8) is 0 Å². The largest absolute Gasteiger partial charge is 1.00 e. The van der Waals surface area contributed by atoms with Gasteiger partial charge >= 0.3 is 24.4 Å². The lowest BCUT2D eigenvalue weighted by Crippen LogP contribution is -3.00. The van der Waals surface area contributed by atoms with Crippen molar-refractivity contribution in [2.24, 2.45) is 0 Å². The van der Waals surface area contributed by atoms with Gasteiger partial charge in [0.25, 0.3) is 35.5 Å². The maximum Gasteiger partial charge on any atom is 0.408 e. The standard InChI is InChI=1S/C14H14F2N4O2.C14H13F2NO2.C13H15F2NO3.C13H13F2NO3.C6H8F2N4.C5H9F2NO.5CH4.2ClH/c15-14(16)8-13(9-14,11-6-17-20-19-11)18-12(21)22-7-10-4-2-1-3-5-10;1-2-13(9-14(15,16)10-13)17-12(18)19-8-11-6-4-3-5-7-11;2*14-13(15)7-12(8-13,9-17)16-11(18)19-6-10-4-2-1-3-5-10;7-6(8)2-5(9,3-6)4-1-10-12-11-4;6-5(7)1-4(8,2-5)3-9;;;;;;;/h1-6H,7-9H2,(H,18,21)(H,17,19,20);1,3-7H,8-10H2,(H,17,18);1-5,17H,6-9H2,(H,16,18);1-5,9H,6-8H2,(H,16,18);1H,2-3,9H2,(H,10,11,12);9H,1-3,8H2;5*1H4;2*1H. The number of carbonyl (C=O) groups is 5. The van der Waals surface area contributed by atoms with Crippen molar-refractivity contribution in [2.45, 2.75) is 209 Å². The molecule has 2 heterocycles. The number of rotatable bonds is 17. The first-order valence-electron chi connectivity index (χ1n) is 30.6. The highest BCUT2D eigenvalue weighted by atomic mass is 35.5. The Bertz CT molecular complexity index is 3650. The summed E-state index contributed by atoms with van der Waals surface area (Å²) >= 11 is 0. The molecule has 0 saturated heterocycles. The molecule has 0 radical (unpaired) electrons. The van der Waals surface area contributed by atoms with Crippen LogP contribution in [-0.2, 0) is 61.2 Å². The number of amides is 4. The third kappa shape index (κ3) is 29.3. The van der Waals surface area contributed by atoms with Gasteiger partial charge in [0, 0.05) is 51.4 Å². The lowest BCUT2D eigenvalue weighted by Gasteiger charge is -2.45. The Morgan fingerprint density at radius 1 is 0.449 bits per heavy atom. The number of terminal acetylenes is 1. The molecule has 0 unspecified atom stereocenters. The first kappa shape index (κ1) is 98.0. The van der Waals surface area contributed by atoms with Crippen LogP contribution < -0.4 is 57.5 Å². The number of aliphatic hydroxyl groups excluding tert-OH is 2. The molecule has 0 aliphatic heterocycles. The van der Waals surface area contributed by atoms with E-state index in [0.717, 1.165) is 22.3 Å². The van der Waals surface area contributed by atoms with Crippen molar-refractivity contribution < 1.29 is 142 Å². The summed E-state index contributed by atoms with van der Waals surface area (Å²) in [6.07, 6.45) is -0.498. The Hall–Kier alpha value is -8.95. The van der Waals surface area contributed by atoms with Gasteiger partial charge in [-0.15, -0.1) is 6.42 Å². The molecular formula is C70H94Cl2F12N12O11. The first-order chi connectivity index (χ1) is 46.8. The summed E-state index contributed by atoms with van der Waals surface area (Å²) in [5.41, 5.74) is 4.44. The van der Waals surface area contributed by atoms with Gasteiger partial charge < -0.3 is 91.5 Å². The second-order valence-electron chi connectivity index (χ2n) is 25.7. The number of aromatic amines is 2. The topological polar surface area (TPSA) is 349 Å². The van der Waals surface area contributed by atoms with E-state index in [2.05, 4.69) is 69.5 Å². The minimum atomic E-state index is -2.90. The van der Waals surface area contributed by atoms with Gasteiger partial charge in [-0.2, -0.15) is 30.8 Å². The Morgan fingerprint density at radius 3 is 1.05 bits per heavy atom. The number of benzene rings is 4. The fourth-order valence-electron chi connectivity index (χ4n) is 11.5. The van der Waals surface area contributed by atoms with Gasteiger partial charge in [-0.3, -0.25) is 0 Å². The fraction of sp³-hybridized carbons (Fsp3) is 0.500. The number of halogens is 14. The zero-order chi connectivity index (χ0) is 73.4. The maximum atomic E-state index is 13.3. The molecule has 23 nitrogen and oxygen atoms in total. The number of alkyl halides is 12. The zero-order valence-corrected chi connectivity index (χ0v) is 55.7. The van der Waals surface area contributed by atoms with Gasteiger partial charge in [0.15, 0.2) is 5.54 Å². The molecule has 12 rings (SSSR count). The number of hydrogen-bond acceptors (Lipinski definition) is 15. The number of aliphatic hydroxyl groups is 2. The number of alkyl carbamates (subject to hydrolysis) is 4. The SMILES string of the molecule is C.C.C.C.C.C#CC1(NC(=O)OCc2ccccc2)CC(F)(F)C1.O=C(NC1(CO)CC(F)(F)C1)OCc1ccccc1.O=C(NC1(c2cn[nH]n2)CC(F)(F)C1)OCc1ccccc1.O=CC1(NC(=O)OCc2ccccc2)CC(F)(F)C1.[Cl-].[Cl-].[NH3+]C1(CO)CC(F)(F)C1.[NH3+]C1(c2cn[nH]n2)CC(F)(F)C1. The molecule has 2 aromatic heterocycles. The number of carbonyl (C=O) groups excluding carboxylic acids is 5. The summed E-state index contributed by atoms with van der Waals surface area (Å²) in [6, 6.07) is 36.1. The molecule has 4 aromatic carbocycles. The van der Waals surface area contributed by atoms with Crippen LogP contribution >= 0.6 is 0 Å². The minimum Gasteiger partial charge on any atom is -1.00 e. The van der Waals surface area contributed by atoms with E-state index >= 15 is 0 Å². The van der Waals surface area contributed by atoms with Crippen LogP contribution in [0.15, 0.2) is 134 Å². The highest BCUT2D eigenvalue weighted by Crippen LogP contribution is 2.52. The lowest BCUT2D eigenvalue weighted by atomic mass is 9.71. The van der Waals surface area contributed by atoms with Crippen LogP contribution in [0.2, 0.25) is 0 Å². The molecule has 598 valence electrons. The van der Waals surface area contributed by atoms with Gasteiger partial charge in [-0.05, 0) is 22.3 Å². The van der Waals surface area contributed by atoms with Crippen LogP contribution in [0.4, 0.5) is 71.9 Å². The smallest absolute Gasteiger partial charge is 0.408 e. The molecule has 0 atom stereocenters. The summed E-state index contributed by atoms with van der Waals surface area (Å²) in [5.74, 6) is -14.3. The van der Waals surface area contributed by atoms with Crippen LogP contribution in [0.25, 0.3) is 0 Å². The molecule has 37 heteroatoms. The number of nitrogens with zero attached hydrogens (tertiary/aromatic N) is 4. The van der Waals surface area contributed by atoms with E-state index in [4.69, 9.17) is 35.6 Å². The Balaban J connectivity index is 0.00000126.